The van der Waals surface area contributed by atoms with Gasteiger partial charge >= 0.3 is 0 Å². The van der Waals surface area contributed by atoms with Crippen molar-refractivity contribution in [3.63, 3.8) is 0 Å². The average Bonchev–Trinajstić information content (AvgIpc) is 3.69. The lowest BCUT2D eigenvalue weighted by Crippen LogP contribution is -2.37. The lowest BCUT2D eigenvalue weighted by Gasteiger charge is -2.20. The van der Waals surface area contributed by atoms with Crippen LogP contribution in [0.1, 0.15) is 38.3 Å². The number of likely N-dealkylation sites (tertiary alicyclic amines) is 1. The lowest BCUT2D eigenvalue weighted by molar-refractivity contribution is 0.0641. The summed E-state index contributed by atoms with van der Waals surface area (Å²) in [5.74, 6) is 0.120. The van der Waals surface area contributed by atoms with Crippen LogP contribution in [0.4, 0.5) is 0 Å². The molecule has 1 atom stereocenters. The summed E-state index contributed by atoms with van der Waals surface area (Å²) >= 11 is 0. The molecule has 4 heterocycles. The van der Waals surface area contributed by atoms with Gasteiger partial charge in [-0.2, -0.15) is 5.26 Å². The summed E-state index contributed by atoms with van der Waals surface area (Å²) in [6.45, 7) is 2.95. The number of para-hydroxylation sites is 1. The summed E-state index contributed by atoms with van der Waals surface area (Å²) in [6, 6.07) is 19.8. The zero-order valence-electron chi connectivity index (χ0n) is 21.2. The fourth-order valence-corrected chi connectivity index (χ4v) is 6.48. The molecule has 3 aromatic carbocycles. The van der Waals surface area contributed by atoms with Gasteiger partial charge in [0.1, 0.15) is 0 Å². The molecular weight excluding hydrogens is 474 g/mol. The molecule has 1 unspecified atom stereocenters. The molecule has 7 rings (SSSR count). The van der Waals surface area contributed by atoms with Gasteiger partial charge in [0.2, 0.25) is 0 Å². The van der Waals surface area contributed by atoms with Crippen LogP contribution in [0.3, 0.4) is 0 Å². The number of nitriles is 1. The fourth-order valence-electron chi connectivity index (χ4n) is 6.48. The number of nitrogens with zero attached hydrogens (tertiary/aromatic N) is 4. The number of aryl methyl sites for hydroxylation is 1. The zero-order valence-corrected chi connectivity index (χ0v) is 21.2. The molecule has 2 aliphatic heterocycles. The van der Waals surface area contributed by atoms with Gasteiger partial charge in [-0.15, -0.1) is 0 Å². The van der Waals surface area contributed by atoms with Crippen molar-refractivity contribution in [3.05, 3.63) is 83.0 Å². The van der Waals surface area contributed by atoms with Crippen LogP contribution in [0.2, 0.25) is 0 Å². The molecule has 5 aromatic rings. The molecule has 188 valence electrons. The molecule has 38 heavy (non-hydrogen) atoms. The quantitative estimate of drug-likeness (QED) is 0.349. The summed E-state index contributed by atoms with van der Waals surface area (Å²) in [5.41, 5.74) is 6.04. The number of amides is 2. The van der Waals surface area contributed by atoms with E-state index in [9.17, 15) is 14.9 Å². The van der Waals surface area contributed by atoms with E-state index in [0.717, 1.165) is 58.6 Å². The molecule has 1 fully saturated rings. The van der Waals surface area contributed by atoms with Gasteiger partial charge in [0.15, 0.2) is 0 Å². The van der Waals surface area contributed by atoms with Crippen LogP contribution in [-0.2, 0) is 13.5 Å². The first-order chi connectivity index (χ1) is 18.5. The van der Waals surface area contributed by atoms with Gasteiger partial charge in [-0.1, -0.05) is 18.2 Å². The van der Waals surface area contributed by atoms with Crippen molar-refractivity contribution < 1.29 is 9.59 Å². The molecule has 1 saturated heterocycles. The Morgan fingerprint density at radius 1 is 1.00 bits per heavy atom. The van der Waals surface area contributed by atoms with Crippen LogP contribution in [0.15, 0.2) is 60.8 Å². The average molecular weight is 502 g/mol. The number of carbonyl (C=O) groups is 2. The number of benzene rings is 3. The van der Waals surface area contributed by atoms with Crippen molar-refractivity contribution in [1.82, 2.24) is 19.4 Å². The summed E-state index contributed by atoms with van der Waals surface area (Å²) in [5, 5.41) is 12.3. The Morgan fingerprint density at radius 2 is 1.87 bits per heavy atom. The standard InChI is InChI=1S/C31H27N5O2/c1-34-26-5-3-2-4-22(26)28-27(34)9-7-23-29(28)31(38)36(30(23)37)13-12-35-11-10-20(18-35)14-21-17-33-25-8-6-19(16-32)15-24(21)25/h2-9,15,17,20,33H,10-14,18H2,1H3. The monoisotopic (exact) mass is 501 g/mol. The maximum absolute atomic E-state index is 13.6. The normalized spacial score (nSPS) is 17.8. The Morgan fingerprint density at radius 3 is 2.74 bits per heavy atom. The van der Waals surface area contributed by atoms with Gasteiger partial charge in [0.25, 0.3) is 11.8 Å². The van der Waals surface area contributed by atoms with Gasteiger partial charge in [0, 0.05) is 65.6 Å². The SMILES string of the molecule is Cn1c2ccccc2c2c3c(ccc21)C(=O)N(CCN1CCC(Cc2c[nH]c4ccc(C#N)cc24)C1)C3=O. The molecule has 0 saturated carbocycles. The van der Waals surface area contributed by atoms with Gasteiger partial charge in [-0.05, 0) is 67.3 Å². The molecule has 0 bridgehead atoms. The van der Waals surface area contributed by atoms with Crippen LogP contribution in [0.5, 0.6) is 0 Å². The second-order valence-corrected chi connectivity index (χ2v) is 10.6. The highest BCUT2D eigenvalue weighted by Gasteiger charge is 2.38. The third kappa shape index (κ3) is 3.37. The largest absolute Gasteiger partial charge is 0.361 e. The number of imide groups is 1. The molecule has 0 spiro atoms. The van der Waals surface area contributed by atoms with E-state index in [2.05, 4.69) is 26.7 Å². The van der Waals surface area contributed by atoms with Crippen molar-refractivity contribution in [1.29, 1.82) is 5.26 Å². The third-order valence-electron chi connectivity index (χ3n) is 8.43. The number of nitrogens with one attached hydrogen (secondary N) is 1. The molecule has 7 heteroatoms. The third-order valence-corrected chi connectivity index (χ3v) is 8.43. The van der Waals surface area contributed by atoms with Crippen LogP contribution in [0.25, 0.3) is 32.7 Å². The fraction of sp³-hybridized carbons (Fsp3) is 0.258. The minimum Gasteiger partial charge on any atom is -0.361 e. The molecule has 2 amide bonds. The highest BCUT2D eigenvalue weighted by molar-refractivity contribution is 6.30. The molecular formula is C31H27N5O2. The van der Waals surface area contributed by atoms with E-state index >= 15 is 0 Å². The van der Waals surface area contributed by atoms with Crippen LogP contribution >= 0.6 is 0 Å². The summed E-state index contributed by atoms with van der Waals surface area (Å²) in [4.78, 5) is 34.0. The number of hydrogen-bond acceptors (Lipinski definition) is 4. The van der Waals surface area contributed by atoms with Gasteiger partial charge in [0.05, 0.1) is 22.8 Å². The molecule has 0 radical (unpaired) electrons. The maximum atomic E-state index is 13.6. The molecule has 2 aromatic heterocycles. The first kappa shape index (κ1) is 22.8. The predicted octanol–water partition coefficient (Wildman–Crippen LogP) is 4.85. The van der Waals surface area contributed by atoms with E-state index in [1.165, 1.54) is 10.5 Å². The van der Waals surface area contributed by atoms with Crippen molar-refractivity contribution in [2.45, 2.75) is 12.8 Å². The van der Waals surface area contributed by atoms with E-state index in [1.807, 2.05) is 61.6 Å². The summed E-state index contributed by atoms with van der Waals surface area (Å²) < 4.78 is 2.09. The van der Waals surface area contributed by atoms with Crippen LogP contribution in [-0.4, -0.2) is 57.3 Å². The van der Waals surface area contributed by atoms with Crippen LogP contribution in [0, 0.1) is 17.2 Å². The summed E-state index contributed by atoms with van der Waals surface area (Å²) in [6.07, 6.45) is 4.07. The van der Waals surface area contributed by atoms with Gasteiger partial charge in [-0.3, -0.25) is 14.5 Å². The highest BCUT2D eigenvalue weighted by atomic mass is 16.2. The molecule has 1 N–H and O–H groups in total. The van der Waals surface area contributed by atoms with Crippen molar-refractivity contribution in [2.75, 3.05) is 26.2 Å². The second kappa shape index (κ2) is 8.57. The Hall–Kier alpha value is -4.41. The Bertz CT molecular complexity index is 1820. The number of rotatable bonds is 5. The zero-order chi connectivity index (χ0) is 26.0. The number of fused-ring (bicyclic) bond motifs is 6. The number of H-pyrrole nitrogens is 1. The number of aromatic amines is 1. The van der Waals surface area contributed by atoms with E-state index in [0.29, 0.717) is 35.7 Å². The van der Waals surface area contributed by atoms with Gasteiger partial charge in [-0.25, -0.2) is 0 Å². The highest BCUT2D eigenvalue weighted by Crippen LogP contribution is 2.36. The van der Waals surface area contributed by atoms with Crippen molar-refractivity contribution >= 4 is 44.5 Å². The van der Waals surface area contributed by atoms with E-state index in [-0.39, 0.29) is 11.8 Å². The number of carbonyl (C=O) groups excluding carboxylic acids is 2. The first-order valence-corrected chi connectivity index (χ1v) is 13.1. The van der Waals surface area contributed by atoms with Crippen molar-refractivity contribution in [2.24, 2.45) is 13.0 Å². The second-order valence-electron chi connectivity index (χ2n) is 10.6. The minimum atomic E-state index is -0.192. The minimum absolute atomic E-state index is 0.185. The van der Waals surface area contributed by atoms with Gasteiger partial charge < -0.3 is 14.5 Å². The Balaban J connectivity index is 1.07. The van der Waals surface area contributed by atoms with E-state index < -0.39 is 0 Å². The molecule has 2 aliphatic rings. The first-order valence-electron chi connectivity index (χ1n) is 13.1. The topological polar surface area (TPSA) is 85.1 Å². The number of hydrogen-bond donors (Lipinski definition) is 1. The summed E-state index contributed by atoms with van der Waals surface area (Å²) in [7, 11) is 2.00. The Kier molecular flexibility index (Phi) is 5.14. The Labute approximate surface area is 219 Å². The number of aromatic nitrogens is 2. The van der Waals surface area contributed by atoms with E-state index in [4.69, 9.17) is 0 Å². The predicted molar refractivity (Wildman–Crippen MR) is 147 cm³/mol. The molecule has 0 aliphatic carbocycles. The lowest BCUT2D eigenvalue weighted by atomic mass is 9.98. The van der Waals surface area contributed by atoms with Crippen molar-refractivity contribution in [3.8, 4) is 6.07 Å². The van der Waals surface area contributed by atoms with Crippen LogP contribution < -0.4 is 0 Å². The molecule has 7 nitrogen and oxygen atoms in total. The maximum Gasteiger partial charge on any atom is 0.262 e. The smallest absolute Gasteiger partial charge is 0.262 e. The van der Waals surface area contributed by atoms with E-state index in [1.54, 1.807) is 0 Å².